The second kappa shape index (κ2) is 8.15. The average Bonchev–Trinajstić information content (AvgIpc) is 3.08. The summed E-state index contributed by atoms with van der Waals surface area (Å²) in [5, 5.41) is 12.2. The number of carbonyl (C=O) groups excluding carboxylic acids is 2. The van der Waals surface area contributed by atoms with Gasteiger partial charge in [0.25, 0.3) is 0 Å². The van der Waals surface area contributed by atoms with Gasteiger partial charge in [-0.05, 0) is 56.9 Å². The molecule has 0 bridgehead atoms. The van der Waals surface area contributed by atoms with Crippen LogP contribution in [0.5, 0.6) is 0 Å². The largest absolute Gasteiger partial charge is 0.481 e. The van der Waals surface area contributed by atoms with E-state index >= 15 is 0 Å². The molecule has 0 spiro atoms. The van der Waals surface area contributed by atoms with Crippen molar-refractivity contribution in [2.45, 2.75) is 46.1 Å². The van der Waals surface area contributed by atoms with Crippen LogP contribution in [0.2, 0.25) is 0 Å². The number of ether oxygens (including phenoxy) is 1. The molecule has 1 saturated heterocycles. The molecule has 0 unspecified atom stereocenters. The number of amides is 2. The Morgan fingerprint density at radius 1 is 1.00 bits per heavy atom. The lowest BCUT2D eigenvalue weighted by molar-refractivity contribution is -0.169. The molecule has 2 amide bonds. The molecule has 2 aromatic carbocycles. The summed E-state index contributed by atoms with van der Waals surface area (Å²) in [7, 11) is 0. The van der Waals surface area contributed by atoms with Gasteiger partial charge in [-0.1, -0.05) is 48.5 Å². The number of rotatable bonds is 6. The number of nitrogens with zero attached hydrogens (tertiary/aromatic N) is 1. The summed E-state index contributed by atoms with van der Waals surface area (Å²) in [4.78, 5) is 38.9. The van der Waals surface area contributed by atoms with E-state index in [0.717, 1.165) is 22.3 Å². The molecule has 0 radical (unpaired) electrons. The summed E-state index contributed by atoms with van der Waals surface area (Å²) in [5.74, 6) is -1.16. The maximum Gasteiger partial charge on any atom is 0.407 e. The molecule has 4 rings (SSSR count). The van der Waals surface area contributed by atoms with Crippen LogP contribution >= 0.6 is 0 Å². The highest BCUT2D eigenvalue weighted by molar-refractivity contribution is 5.88. The van der Waals surface area contributed by atoms with Gasteiger partial charge in [-0.3, -0.25) is 9.59 Å². The summed E-state index contributed by atoms with van der Waals surface area (Å²) < 4.78 is 5.66. The fourth-order valence-electron chi connectivity index (χ4n) is 4.78. The monoisotopic (exact) mass is 464 g/mol. The topological polar surface area (TPSA) is 95.9 Å². The number of carbonyl (C=O) groups is 3. The second-order valence-electron chi connectivity index (χ2n) is 10.7. The Hall–Kier alpha value is -3.35. The molecule has 0 atom stereocenters. The molecule has 7 nitrogen and oxygen atoms in total. The van der Waals surface area contributed by atoms with Crippen LogP contribution in [0.25, 0.3) is 11.1 Å². The van der Waals surface area contributed by atoms with Crippen LogP contribution in [0.4, 0.5) is 4.79 Å². The van der Waals surface area contributed by atoms with Crippen LogP contribution in [-0.2, 0) is 14.3 Å². The number of hydrogen-bond acceptors (Lipinski definition) is 4. The SMILES string of the molecule is CC1(C(=O)O)CN(C(=O)C(C)(C)C(C)(C)NC(=O)OCC2c3ccccc3-c3ccccc32)C1. The first-order valence-electron chi connectivity index (χ1n) is 11.5. The van der Waals surface area contributed by atoms with Gasteiger partial charge in [0.15, 0.2) is 0 Å². The third kappa shape index (κ3) is 3.83. The van der Waals surface area contributed by atoms with Crippen molar-refractivity contribution in [2.24, 2.45) is 10.8 Å². The molecular weight excluding hydrogens is 432 g/mol. The van der Waals surface area contributed by atoms with Gasteiger partial charge >= 0.3 is 12.1 Å². The van der Waals surface area contributed by atoms with Crippen LogP contribution in [0.3, 0.4) is 0 Å². The Morgan fingerprint density at radius 2 is 1.50 bits per heavy atom. The van der Waals surface area contributed by atoms with Gasteiger partial charge in [-0.15, -0.1) is 0 Å². The van der Waals surface area contributed by atoms with E-state index in [0.29, 0.717) is 0 Å². The van der Waals surface area contributed by atoms with Gasteiger partial charge in [0.05, 0.1) is 16.4 Å². The van der Waals surface area contributed by atoms with E-state index in [2.05, 4.69) is 29.6 Å². The third-order valence-corrected chi connectivity index (χ3v) is 7.74. The molecule has 0 aromatic heterocycles. The molecule has 1 aliphatic carbocycles. The Morgan fingerprint density at radius 3 is 2.00 bits per heavy atom. The lowest BCUT2D eigenvalue weighted by atomic mass is 9.71. The molecule has 2 N–H and O–H groups in total. The first-order chi connectivity index (χ1) is 15.9. The van der Waals surface area contributed by atoms with Gasteiger partial charge in [0, 0.05) is 19.0 Å². The minimum absolute atomic E-state index is 0.0503. The van der Waals surface area contributed by atoms with E-state index in [-0.39, 0.29) is 31.5 Å². The number of alkyl carbamates (subject to hydrolysis) is 1. The van der Waals surface area contributed by atoms with E-state index in [4.69, 9.17) is 4.74 Å². The highest BCUT2D eigenvalue weighted by atomic mass is 16.5. The summed E-state index contributed by atoms with van der Waals surface area (Å²) in [5.41, 5.74) is 1.75. The number of benzene rings is 2. The summed E-state index contributed by atoms with van der Waals surface area (Å²) >= 11 is 0. The standard InChI is InChI=1S/C27H32N2O5/c1-25(2,22(30)29-15-27(5,16-29)23(31)32)26(3,4)28-24(33)34-14-21-19-12-8-6-10-17(19)18-11-7-9-13-20(18)21/h6-13,21H,14-16H2,1-5H3,(H,28,33)(H,31,32). The highest BCUT2D eigenvalue weighted by Crippen LogP contribution is 2.44. The number of fused-ring (bicyclic) bond motifs is 3. The van der Waals surface area contributed by atoms with Gasteiger partial charge in [0.2, 0.25) is 5.91 Å². The lowest BCUT2D eigenvalue weighted by Gasteiger charge is -2.50. The molecular formula is C27H32N2O5. The lowest BCUT2D eigenvalue weighted by Crippen LogP contribution is -2.67. The van der Waals surface area contributed by atoms with Crippen LogP contribution in [0.15, 0.2) is 48.5 Å². The van der Waals surface area contributed by atoms with E-state index in [1.807, 2.05) is 24.3 Å². The van der Waals surface area contributed by atoms with Crippen molar-refractivity contribution in [1.29, 1.82) is 0 Å². The van der Waals surface area contributed by atoms with E-state index < -0.39 is 28.4 Å². The maximum absolute atomic E-state index is 13.2. The van der Waals surface area contributed by atoms with Crippen molar-refractivity contribution in [3.63, 3.8) is 0 Å². The van der Waals surface area contributed by atoms with E-state index in [9.17, 15) is 19.5 Å². The zero-order chi connectivity index (χ0) is 24.9. The molecule has 1 heterocycles. The van der Waals surface area contributed by atoms with Crippen LogP contribution in [-0.4, -0.2) is 53.2 Å². The Kier molecular flexibility index (Phi) is 5.70. The molecule has 34 heavy (non-hydrogen) atoms. The number of carboxylic acid groups (broad SMARTS) is 1. The zero-order valence-electron chi connectivity index (χ0n) is 20.3. The van der Waals surface area contributed by atoms with E-state index in [1.54, 1.807) is 34.6 Å². The minimum atomic E-state index is -0.974. The normalized spacial score (nSPS) is 16.8. The van der Waals surface area contributed by atoms with Crippen LogP contribution < -0.4 is 5.32 Å². The van der Waals surface area contributed by atoms with Gasteiger partial charge < -0.3 is 20.1 Å². The second-order valence-corrected chi connectivity index (χ2v) is 10.7. The molecule has 2 aliphatic rings. The quantitative estimate of drug-likeness (QED) is 0.666. The van der Waals surface area contributed by atoms with Crippen molar-refractivity contribution in [1.82, 2.24) is 10.2 Å². The van der Waals surface area contributed by atoms with Gasteiger partial charge in [0.1, 0.15) is 6.61 Å². The molecule has 7 heteroatoms. The highest BCUT2D eigenvalue weighted by Gasteiger charge is 2.54. The number of hydrogen-bond donors (Lipinski definition) is 2. The van der Waals surface area contributed by atoms with Crippen LogP contribution in [0, 0.1) is 10.8 Å². The minimum Gasteiger partial charge on any atom is -0.481 e. The summed E-state index contributed by atoms with van der Waals surface area (Å²) in [6.45, 7) is 9.22. The zero-order valence-corrected chi connectivity index (χ0v) is 20.3. The maximum atomic E-state index is 13.2. The third-order valence-electron chi connectivity index (χ3n) is 7.74. The number of aliphatic carboxylic acids is 1. The molecule has 1 fully saturated rings. The Bertz CT molecular complexity index is 1100. The Balaban J connectivity index is 1.41. The Labute approximate surface area is 200 Å². The molecule has 180 valence electrons. The van der Waals surface area contributed by atoms with Crippen molar-refractivity contribution < 1.29 is 24.2 Å². The predicted octanol–water partition coefficient (Wildman–Crippen LogP) is 4.26. The van der Waals surface area contributed by atoms with Crippen molar-refractivity contribution in [3.8, 4) is 11.1 Å². The molecule has 0 saturated carbocycles. The number of carboxylic acids is 1. The predicted molar refractivity (Wildman–Crippen MR) is 128 cm³/mol. The first-order valence-corrected chi connectivity index (χ1v) is 11.5. The molecule has 1 aliphatic heterocycles. The average molecular weight is 465 g/mol. The summed E-state index contributed by atoms with van der Waals surface area (Å²) in [6.07, 6.45) is -0.591. The first kappa shape index (κ1) is 23.8. The van der Waals surface area contributed by atoms with Crippen molar-refractivity contribution in [3.05, 3.63) is 59.7 Å². The molecule has 2 aromatic rings. The fourth-order valence-corrected chi connectivity index (χ4v) is 4.78. The smallest absolute Gasteiger partial charge is 0.407 e. The fraction of sp³-hybridized carbons (Fsp3) is 0.444. The van der Waals surface area contributed by atoms with Gasteiger partial charge in [-0.25, -0.2) is 4.79 Å². The number of likely N-dealkylation sites (tertiary alicyclic amines) is 1. The van der Waals surface area contributed by atoms with E-state index in [1.165, 1.54) is 4.90 Å². The van der Waals surface area contributed by atoms with Crippen LogP contribution in [0.1, 0.15) is 51.7 Å². The van der Waals surface area contributed by atoms with Gasteiger partial charge in [-0.2, -0.15) is 0 Å². The number of nitrogens with one attached hydrogen (secondary N) is 1. The summed E-state index contributed by atoms with van der Waals surface area (Å²) in [6, 6.07) is 16.3. The van der Waals surface area contributed by atoms with Crippen molar-refractivity contribution >= 4 is 18.0 Å². The van der Waals surface area contributed by atoms with Crippen molar-refractivity contribution in [2.75, 3.05) is 19.7 Å².